The van der Waals surface area contributed by atoms with E-state index in [1.165, 1.54) is 0 Å². The number of hydrogen-bond donors (Lipinski definition) is 1. The van der Waals surface area contributed by atoms with Crippen LogP contribution in [0.15, 0.2) is 22.3 Å². The van der Waals surface area contributed by atoms with Gasteiger partial charge in [0.25, 0.3) is 5.56 Å². The summed E-state index contributed by atoms with van der Waals surface area (Å²) in [6.07, 6.45) is 0.721. The lowest BCUT2D eigenvalue weighted by atomic mass is 10.2. The minimum Gasteiger partial charge on any atom is -0.306 e. The highest BCUT2D eigenvalue weighted by Gasteiger charge is 2.07. The van der Waals surface area contributed by atoms with E-state index in [4.69, 9.17) is 0 Å². The molecule has 2 rings (SSSR count). The Morgan fingerprint density at radius 2 is 2.33 bits per heavy atom. The Labute approximate surface area is 91.8 Å². The zero-order valence-electron chi connectivity index (χ0n) is 8.70. The van der Waals surface area contributed by atoms with E-state index in [-0.39, 0.29) is 5.56 Å². The molecule has 15 heavy (non-hydrogen) atoms. The van der Waals surface area contributed by atoms with Gasteiger partial charge in [-0.3, -0.25) is 4.79 Å². The highest BCUT2D eigenvalue weighted by Crippen LogP contribution is 2.20. The number of aryl methyl sites for hydroxylation is 1. The second kappa shape index (κ2) is 3.98. The third kappa shape index (κ3) is 1.85. The van der Waals surface area contributed by atoms with E-state index in [0.717, 1.165) is 22.6 Å². The largest absolute Gasteiger partial charge is 0.306 e. The molecule has 0 aliphatic heterocycles. The zero-order chi connectivity index (χ0) is 10.8. The van der Waals surface area contributed by atoms with Crippen LogP contribution >= 0.6 is 11.3 Å². The maximum absolute atomic E-state index is 11.7. The van der Waals surface area contributed by atoms with Crippen molar-refractivity contribution >= 4 is 11.3 Å². The van der Waals surface area contributed by atoms with E-state index >= 15 is 0 Å². The molecule has 0 radical (unpaired) electrons. The Hall–Kier alpha value is -1.42. The van der Waals surface area contributed by atoms with Gasteiger partial charge < -0.3 is 4.98 Å². The SMILES string of the molecule is CCc1c(C)nc(-c2cccs2)[nH]c1=O. The van der Waals surface area contributed by atoms with Gasteiger partial charge in [0.05, 0.1) is 4.88 Å². The average molecular weight is 220 g/mol. The first-order valence-corrected chi connectivity index (χ1v) is 5.74. The summed E-state index contributed by atoms with van der Waals surface area (Å²) in [5, 5.41) is 1.97. The maximum Gasteiger partial charge on any atom is 0.254 e. The molecule has 0 bridgehead atoms. The van der Waals surface area contributed by atoms with Gasteiger partial charge in [0, 0.05) is 11.3 Å². The third-order valence-corrected chi connectivity index (χ3v) is 3.21. The van der Waals surface area contributed by atoms with Crippen LogP contribution in [-0.2, 0) is 6.42 Å². The van der Waals surface area contributed by atoms with E-state index in [2.05, 4.69) is 9.97 Å². The second-order valence-corrected chi connectivity index (χ2v) is 4.26. The van der Waals surface area contributed by atoms with Gasteiger partial charge in [-0.1, -0.05) is 13.0 Å². The molecule has 0 spiro atoms. The summed E-state index contributed by atoms with van der Waals surface area (Å²) in [5.41, 5.74) is 1.58. The standard InChI is InChI=1S/C11H12N2OS/c1-3-8-7(2)12-10(13-11(8)14)9-5-4-6-15-9/h4-6H,3H2,1-2H3,(H,12,13,14). The molecule has 0 aliphatic rings. The molecule has 78 valence electrons. The summed E-state index contributed by atoms with van der Waals surface area (Å²) in [7, 11) is 0. The molecular weight excluding hydrogens is 208 g/mol. The van der Waals surface area contributed by atoms with Gasteiger partial charge in [0.15, 0.2) is 0 Å². The Balaban J connectivity index is 2.58. The van der Waals surface area contributed by atoms with E-state index < -0.39 is 0 Å². The van der Waals surface area contributed by atoms with Crippen LogP contribution in [0.1, 0.15) is 18.2 Å². The summed E-state index contributed by atoms with van der Waals surface area (Å²) in [4.78, 5) is 19.9. The lowest BCUT2D eigenvalue weighted by Gasteiger charge is -2.03. The number of hydrogen-bond acceptors (Lipinski definition) is 3. The average Bonchev–Trinajstić information content (AvgIpc) is 2.69. The van der Waals surface area contributed by atoms with Crippen molar-refractivity contribution in [3.63, 3.8) is 0 Å². The number of thiophene rings is 1. The van der Waals surface area contributed by atoms with Crippen LogP contribution in [-0.4, -0.2) is 9.97 Å². The summed E-state index contributed by atoms with van der Waals surface area (Å²) in [6, 6.07) is 3.90. The molecule has 0 aliphatic carbocycles. The molecule has 0 saturated carbocycles. The van der Waals surface area contributed by atoms with Gasteiger partial charge in [-0.05, 0) is 24.8 Å². The van der Waals surface area contributed by atoms with Gasteiger partial charge in [-0.15, -0.1) is 11.3 Å². The quantitative estimate of drug-likeness (QED) is 0.844. The molecule has 2 heterocycles. The number of aromatic nitrogens is 2. The van der Waals surface area contributed by atoms with Crippen LogP contribution in [0.5, 0.6) is 0 Å². The van der Waals surface area contributed by atoms with Crippen molar-refractivity contribution < 1.29 is 0 Å². The van der Waals surface area contributed by atoms with Crippen LogP contribution in [0.4, 0.5) is 0 Å². The fraction of sp³-hybridized carbons (Fsp3) is 0.273. The van der Waals surface area contributed by atoms with Gasteiger partial charge in [-0.25, -0.2) is 4.98 Å². The van der Waals surface area contributed by atoms with Crippen LogP contribution in [0.25, 0.3) is 10.7 Å². The lowest BCUT2D eigenvalue weighted by molar-refractivity contribution is 0.970. The molecule has 0 amide bonds. The lowest BCUT2D eigenvalue weighted by Crippen LogP contribution is -2.16. The minimum absolute atomic E-state index is 0.0200. The predicted octanol–water partition coefficient (Wildman–Crippen LogP) is 2.37. The summed E-state index contributed by atoms with van der Waals surface area (Å²) in [6.45, 7) is 3.84. The van der Waals surface area contributed by atoms with Crippen molar-refractivity contribution in [3.05, 3.63) is 39.1 Å². The fourth-order valence-electron chi connectivity index (χ4n) is 1.56. The highest BCUT2D eigenvalue weighted by atomic mass is 32.1. The molecule has 0 fully saturated rings. The van der Waals surface area contributed by atoms with Crippen molar-refractivity contribution in [1.29, 1.82) is 0 Å². The van der Waals surface area contributed by atoms with Gasteiger partial charge >= 0.3 is 0 Å². The smallest absolute Gasteiger partial charge is 0.254 e. The van der Waals surface area contributed by atoms with E-state index in [1.807, 2.05) is 31.4 Å². The van der Waals surface area contributed by atoms with Gasteiger partial charge in [-0.2, -0.15) is 0 Å². The van der Waals surface area contributed by atoms with E-state index in [1.54, 1.807) is 11.3 Å². The van der Waals surface area contributed by atoms with Crippen LogP contribution in [0.2, 0.25) is 0 Å². The molecule has 4 heteroatoms. The number of nitrogens with zero attached hydrogens (tertiary/aromatic N) is 1. The molecule has 2 aromatic rings. The molecule has 1 N–H and O–H groups in total. The Kier molecular flexibility index (Phi) is 2.68. The molecule has 3 nitrogen and oxygen atoms in total. The minimum atomic E-state index is -0.0200. The van der Waals surface area contributed by atoms with Gasteiger partial charge in [0.2, 0.25) is 0 Å². The summed E-state index contributed by atoms with van der Waals surface area (Å²) in [5.74, 6) is 0.671. The van der Waals surface area contributed by atoms with Crippen molar-refractivity contribution in [2.75, 3.05) is 0 Å². The van der Waals surface area contributed by atoms with E-state index in [9.17, 15) is 4.79 Å². The predicted molar refractivity (Wildman–Crippen MR) is 62.3 cm³/mol. The highest BCUT2D eigenvalue weighted by molar-refractivity contribution is 7.13. The number of rotatable bonds is 2. The van der Waals surface area contributed by atoms with Crippen LogP contribution in [0.3, 0.4) is 0 Å². The normalized spacial score (nSPS) is 10.5. The first kappa shape index (κ1) is 10.1. The number of H-pyrrole nitrogens is 1. The second-order valence-electron chi connectivity index (χ2n) is 3.31. The maximum atomic E-state index is 11.7. The molecule has 2 aromatic heterocycles. The van der Waals surface area contributed by atoms with Crippen molar-refractivity contribution in [3.8, 4) is 10.7 Å². The van der Waals surface area contributed by atoms with Crippen molar-refractivity contribution in [1.82, 2.24) is 9.97 Å². The third-order valence-electron chi connectivity index (χ3n) is 2.33. The Morgan fingerprint density at radius 3 is 2.87 bits per heavy atom. The summed E-state index contributed by atoms with van der Waals surface area (Å²) < 4.78 is 0. The monoisotopic (exact) mass is 220 g/mol. The van der Waals surface area contributed by atoms with Crippen LogP contribution < -0.4 is 5.56 Å². The van der Waals surface area contributed by atoms with Gasteiger partial charge in [0.1, 0.15) is 5.82 Å². The fourth-order valence-corrected chi connectivity index (χ4v) is 2.23. The number of nitrogens with one attached hydrogen (secondary N) is 1. The molecule has 0 aromatic carbocycles. The van der Waals surface area contributed by atoms with Crippen LogP contribution in [0, 0.1) is 6.92 Å². The molecule has 0 unspecified atom stereocenters. The first-order chi connectivity index (χ1) is 7.22. The Morgan fingerprint density at radius 1 is 1.53 bits per heavy atom. The zero-order valence-corrected chi connectivity index (χ0v) is 9.52. The molecule has 0 atom stereocenters. The molecule has 0 saturated heterocycles. The topological polar surface area (TPSA) is 45.8 Å². The Bertz CT molecular complexity index is 514. The van der Waals surface area contributed by atoms with Crippen molar-refractivity contribution in [2.24, 2.45) is 0 Å². The summed E-state index contributed by atoms with van der Waals surface area (Å²) >= 11 is 1.57. The van der Waals surface area contributed by atoms with E-state index in [0.29, 0.717) is 5.82 Å². The molecular formula is C11H12N2OS. The van der Waals surface area contributed by atoms with Crippen molar-refractivity contribution in [2.45, 2.75) is 20.3 Å². The number of aromatic amines is 1. The first-order valence-electron chi connectivity index (χ1n) is 4.86.